The SMILES string of the molecule is CCCC(=O)Nc1ccc2c(c1)CN(C(=O)c1ccc(OC)cc1C)C(C(=O)N(C)C)C2. The fraction of sp³-hybridized carbons (Fsp3) is 0.400. The van der Waals surface area contributed by atoms with Crippen molar-refractivity contribution in [3.05, 3.63) is 58.7 Å². The molecule has 1 aliphatic rings. The molecule has 1 heterocycles. The number of carbonyl (C=O) groups is 3. The molecule has 0 aliphatic carbocycles. The highest BCUT2D eigenvalue weighted by atomic mass is 16.5. The molecule has 3 rings (SSSR count). The van der Waals surface area contributed by atoms with Crippen molar-refractivity contribution >= 4 is 23.4 Å². The number of likely N-dealkylation sites (N-methyl/N-ethyl adjacent to an activating group) is 1. The van der Waals surface area contributed by atoms with E-state index in [4.69, 9.17) is 4.74 Å². The van der Waals surface area contributed by atoms with Gasteiger partial charge in [-0.15, -0.1) is 0 Å². The van der Waals surface area contributed by atoms with Crippen LogP contribution in [0.5, 0.6) is 5.75 Å². The number of nitrogens with one attached hydrogen (secondary N) is 1. The molecule has 0 bridgehead atoms. The van der Waals surface area contributed by atoms with Crippen LogP contribution < -0.4 is 10.1 Å². The molecule has 7 heteroatoms. The Morgan fingerprint density at radius 2 is 1.88 bits per heavy atom. The van der Waals surface area contributed by atoms with E-state index in [0.717, 1.165) is 23.1 Å². The summed E-state index contributed by atoms with van der Waals surface area (Å²) >= 11 is 0. The molecule has 0 spiro atoms. The van der Waals surface area contributed by atoms with Crippen LogP contribution in [0.25, 0.3) is 0 Å². The van der Waals surface area contributed by atoms with Crippen molar-refractivity contribution in [2.75, 3.05) is 26.5 Å². The lowest BCUT2D eigenvalue weighted by Crippen LogP contribution is -2.52. The molecule has 0 radical (unpaired) electrons. The molecular formula is C25H31N3O4. The minimum Gasteiger partial charge on any atom is -0.497 e. The minimum absolute atomic E-state index is 0.0364. The van der Waals surface area contributed by atoms with E-state index in [1.807, 2.05) is 38.1 Å². The molecule has 1 unspecified atom stereocenters. The first-order valence-electron chi connectivity index (χ1n) is 10.8. The maximum Gasteiger partial charge on any atom is 0.255 e. The number of hydrogen-bond donors (Lipinski definition) is 1. The molecule has 2 aromatic rings. The Morgan fingerprint density at radius 3 is 2.50 bits per heavy atom. The van der Waals surface area contributed by atoms with Gasteiger partial charge in [0.1, 0.15) is 11.8 Å². The van der Waals surface area contributed by atoms with Crippen LogP contribution >= 0.6 is 0 Å². The first-order chi connectivity index (χ1) is 15.2. The quantitative estimate of drug-likeness (QED) is 0.751. The molecule has 1 atom stereocenters. The van der Waals surface area contributed by atoms with Gasteiger partial charge >= 0.3 is 0 Å². The van der Waals surface area contributed by atoms with E-state index in [1.54, 1.807) is 38.2 Å². The second-order valence-corrected chi connectivity index (χ2v) is 8.35. The van der Waals surface area contributed by atoms with Crippen LogP contribution in [0, 0.1) is 6.92 Å². The van der Waals surface area contributed by atoms with Gasteiger partial charge in [0.05, 0.1) is 7.11 Å². The third-order valence-corrected chi connectivity index (χ3v) is 5.75. The van der Waals surface area contributed by atoms with Crippen LogP contribution in [-0.4, -0.2) is 54.8 Å². The number of nitrogens with zero attached hydrogens (tertiary/aromatic N) is 2. The van der Waals surface area contributed by atoms with Gasteiger partial charge in [-0.1, -0.05) is 13.0 Å². The van der Waals surface area contributed by atoms with Gasteiger partial charge in [0.15, 0.2) is 0 Å². The van der Waals surface area contributed by atoms with Gasteiger partial charge in [-0.2, -0.15) is 0 Å². The standard InChI is InChI=1S/C25H31N3O4/c1-6-7-23(29)26-19-9-8-17-14-22(25(31)27(3)4)28(15-18(17)13-19)24(30)21-11-10-20(32-5)12-16(21)2/h8-13,22H,6-7,14-15H2,1-5H3,(H,26,29). The highest BCUT2D eigenvalue weighted by Gasteiger charge is 2.36. The fourth-order valence-corrected chi connectivity index (χ4v) is 4.00. The molecule has 32 heavy (non-hydrogen) atoms. The van der Waals surface area contributed by atoms with Crippen molar-refractivity contribution in [2.24, 2.45) is 0 Å². The maximum atomic E-state index is 13.6. The summed E-state index contributed by atoms with van der Waals surface area (Å²) in [4.78, 5) is 41.7. The molecule has 170 valence electrons. The third kappa shape index (κ3) is 4.93. The number of hydrogen-bond acceptors (Lipinski definition) is 4. The summed E-state index contributed by atoms with van der Waals surface area (Å²) in [5.74, 6) is 0.328. The van der Waals surface area contributed by atoms with Gasteiger partial charge < -0.3 is 19.9 Å². The smallest absolute Gasteiger partial charge is 0.255 e. The number of ether oxygens (including phenoxy) is 1. The lowest BCUT2D eigenvalue weighted by molar-refractivity contribution is -0.134. The van der Waals surface area contributed by atoms with Crippen molar-refractivity contribution in [3.8, 4) is 5.75 Å². The van der Waals surface area contributed by atoms with E-state index in [-0.39, 0.29) is 17.7 Å². The van der Waals surface area contributed by atoms with Crippen LogP contribution in [0.2, 0.25) is 0 Å². The summed E-state index contributed by atoms with van der Waals surface area (Å²) in [5.41, 5.74) is 3.97. The summed E-state index contributed by atoms with van der Waals surface area (Å²) in [6.45, 7) is 4.11. The predicted octanol–water partition coefficient (Wildman–Crippen LogP) is 3.40. The van der Waals surface area contributed by atoms with E-state index in [2.05, 4.69) is 5.32 Å². The summed E-state index contributed by atoms with van der Waals surface area (Å²) < 4.78 is 5.25. The first kappa shape index (κ1) is 23.3. The Hall–Kier alpha value is -3.35. The number of anilines is 1. The van der Waals surface area contributed by atoms with E-state index >= 15 is 0 Å². The van der Waals surface area contributed by atoms with E-state index < -0.39 is 6.04 Å². The van der Waals surface area contributed by atoms with Crippen LogP contribution in [-0.2, 0) is 22.6 Å². The Bertz CT molecular complexity index is 1030. The van der Waals surface area contributed by atoms with E-state index in [1.165, 1.54) is 4.90 Å². The minimum atomic E-state index is -0.591. The number of rotatable bonds is 6. The van der Waals surface area contributed by atoms with Crippen molar-refractivity contribution in [1.82, 2.24) is 9.80 Å². The van der Waals surface area contributed by atoms with Crippen molar-refractivity contribution in [1.29, 1.82) is 0 Å². The Kier molecular flexibility index (Phi) is 7.18. The summed E-state index contributed by atoms with van der Waals surface area (Å²) in [7, 11) is 4.98. The average molecular weight is 438 g/mol. The molecule has 0 saturated carbocycles. The van der Waals surface area contributed by atoms with Crippen LogP contribution in [0.4, 0.5) is 5.69 Å². The fourth-order valence-electron chi connectivity index (χ4n) is 4.00. The molecule has 1 aliphatic heterocycles. The second-order valence-electron chi connectivity index (χ2n) is 8.35. The molecule has 0 fully saturated rings. The molecular weight excluding hydrogens is 406 g/mol. The highest BCUT2D eigenvalue weighted by Crippen LogP contribution is 2.29. The number of fused-ring (bicyclic) bond motifs is 1. The van der Waals surface area contributed by atoms with Gasteiger partial charge in [0.2, 0.25) is 11.8 Å². The molecule has 1 N–H and O–H groups in total. The highest BCUT2D eigenvalue weighted by molar-refractivity contribution is 5.99. The van der Waals surface area contributed by atoms with Gasteiger partial charge in [-0.25, -0.2) is 0 Å². The Balaban J connectivity index is 1.96. The predicted molar refractivity (Wildman–Crippen MR) is 124 cm³/mol. The first-order valence-corrected chi connectivity index (χ1v) is 10.8. The van der Waals surface area contributed by atoms with E-state index in [0.29, 0.717) is 36.4 Å². The van der Waals surface area contributed by atoms with Gasteiger partial charge in [0.25, 0.3) is 5.91 Å². The zero-order valence-corrected chi connectivity index (χ0v) is 19.4. The zero-order valence-electron chi connectivity index (χ0n) is 19.4. The van der Waals surface area contributed by atoms with Crippen LogP contribution in [0.3, 0.4) is 0 Å². The van der Waals surface area contributed by atoms with Crippen LogP contribution in [0.1, 0.15) is 46.8 Å². The molecule has 7 nitrogen and oxygen atoms in total. The Morgan fingerprint density at radius 1 is 1.12 bits per heavy atom. The molecule has 2 aromatic carbocycles. The third-order valence-electron chi connectivity index (χ3n) is 5.75. The van der Waals surface area contributed by atoms with Crippen molar-refractivity contribution in [2.45, 2.75) is 45.7 Å². The summed E-state index contributed by atoms with van der Waals surface area (Å²) in [6.07, 6.45) is 1.66. The zero-order chi connectivity index (χ0) is 23.4. The largest absolute Gasteiger partial charge is 0.497 e. The Labute approximate surface area is 189 Å². The monoisotopic (exact) mass is 437 g/mol. The molecule has 0 aromatic heterocycles. The number of carbonyl (C=O) groups excluding carboxylic acids is 3. The lowest BCUT2D eigenvalue weighted by atomic mass is 9.91. The van der Waals surface area contributed by atoms with Gasteiger partial charge in [0, 0.05) is 44.7 Å². The lowest BCUT2D eigenvalue weighted by Gasteiger charge is -2.37. The topological polar surface area (TPSA) is 79.0 Å². The maximum absolute atomic E-state index is 13.6. The van der Waals surface area contributed by atoms with Crippen molar-refractivity contribution < 1.29 is 19.1 Å². The molecule has 3 amide bonds. The number of amides is 3. The van der Waals surface area contributed by atoms with Gasteiger partial charge in [-0.3, -0.25) is 14.4 Å². The van der Waals surface area contributed by atoms with E-state index in [9.17, 15) is 14.4 Å². The van der Waals surface area contributed by atoms with Crippen LogP contribution in [0.15, 0.2) is 36.4 Å². The number of methoxy groups -OCH3 is 1. The summed E-state index contributed by atoms with van der Waals surface area (Å²) in [5, 5.41) is 2.91. The second kappa shape index (κ2) is 9.85. The number of benzene rings is 2. The molecule has 0 saturated heterocycles. The number of aryl methyl sites for hydroxylation is 1. The van der Waals surface area contributed by atoms with Crippen molar-refractivity contribution in [3.63, 3.8) is 0 Å². The average Bonchev–Trinajstić information content (AvgIpc) is 2.77. The normalized spacial score (nSPS) is 15.0. The summed E-state index contributed by atoms with van der Waals surface area (Å²) in [6, 6.07) is 10.4. The van der Waals surface area contributed by atoms with Gasteiger partial charge in [-0.05, 0) is 60.4 Å².